The van der Waals surface area contributed by atoms with Gasteiger partial charge in [0.2, 0.25) is 17.7 Å². The van der Waals surface area contributed by atoms with Crippen molar-refractivity contribution in [2.24, 2.45) is 5.73 Å². The van der Waals surface area contributed by atoms with Gasteiger partial charge in [0.1, 0.15) is 11.6 Å². The molecule has 0 saturated carbocycles. The summed E-state index contributed by atoms with van der Waals surface area (Å²) in [5, 5.41) is 6.56. The van der Waals surface area contributed by atoms with Crippen LogP contribution in [0.3, 0.4) is 0 Å². The lowest BCUT2D eigenvalue weighted by atomic mass is 9.89. The highest BCUT2D eigenvalue weighted by atomic mass is 16.6. The number of hydrogen-bond acceptors (Lipinski definition) is 7. The molecule has 1 aromatic heterocycles. The number of carbonyl (C=O) groups is 3. The van der Waals surface area contributed by atoms with Crippen molar-refractivity contribution < 1.29 is 23.6 Å². The van der Waals surface area contributed by atoms with E-state index in [2.05, 4.69) is 15.5 Å². The Balaban J connectivity index is 1.61. The van der Waals surface area contributed by atoms with Crippen LogP contribution in [0.25, 0.3) is 0 Å². The van der Waals surface area contributed by atoms with E-state index in [0.717, 1.165) is 22.3 Å². The first-order chi connectivity index (χ1) is 21.5. The van der Waals surface area contributed by atoms with Crippen molar-refractivity contribution in [2.45, 2.75) is 71.1 Å². The summed E-state index contributed by atoms with van der Waals surface area (Å²) < 4.78 is 10.6. The van der Waals surface area contributed by atoms with Crippen LogP contribution in [0.1, 0.15) is 73.5 Å². The molecule has 0 saturated heterocycles. The molecular weight excluding hydrogens is 570 g/mol. The number of ether oxygens (including phenoxy) is 1. The Hall–Kier alpha value is -4.99. The zero-order chi connectivity index (χ0) is 32.4. The van der Waals surface area contributed by atoms with Gasteiger partial charge in [-0.1, -0.05) is 90.1 Å². The average Bonchev–Trinajstić information content (AvgIpc) is 3.41. The topological polar surface area (TPSA) is 141 Å². The normalized spacial score (nSPS) is 12.0. The molecule has 0 bridgehead atoms. The number of hydrogen-bond donors (Lipinski definition) is 2. The van der Waals surface area contributed by atoms with Crippen LogP contribution in [0.15, 0.2) is 89.5 Å². The Labute approximate surface area is 264 Å². The van der Waals surface area contributed by atoms with E-state index < -0.39 is 29.6 Å². The van der Waals surface area contributed by atoms with E-state index in [1.165, 1.54) is 0 Å². The molecule has 1 atom stereocenters. The molecular formula is C35H41N5O5. The molecule has 10 heteroatoms. The zero-order valence-electron chi connectivity index (χ0n) is 26.2. The van der Waals surface area contributed by atoms with Crippen molar-refractivity contribution in [2.75, 3.05) is 6.54 Å². The van der Waals surface area contributed by atoms with Crippen LogP contribution in [0, 0.1) is 6.92 Å². The molecule has 10 nitrogen and oxygen atoms in total. The van der Waals surface area contributed by atoms with E-state index >= 15 is 0 Å². The van der Waals surface area contributed by atoms with Crippen LogP contribution >= 0.6 is 0 Å². The largest absolute Gasteiger partial charge is 0.444 e. The fourth-order valence-corrected chi connectivity index (χ4v) is 5.07. The van der Waals surface area contributed by atoms with Gasteiger partial charge in [0.25, 0.3) is 0 Å². The molecule has 0 radical (unpaired) electrons. The van der Waals surface area contributed by atoms with Gasteiger partial charge in [-0.15, -0.1) is 0 Å². The van der Waals surface area contributed by atoms with Crippen LogP contribution in [-0.2, 0) is 27.3 Å². The Morgan fingerprint density at radius 1 is 0.911 bits per heavy atom. The molecule has 0 unspecified atom stereocenters. The SMILES string of the molecule is Cc1noc(Cc2ccc(CN(C(=O)C(c3ccccc3)c3ccccc3)[C@H](CCCNC(=O)OC(C)(C)C)C(N)=O)cc2)n1. The summed E-state index contributed by atoms with van der Waals surface area (Å²) >= 11 is 0. The molecule has 4 aromatic rings. The number of aromatic nitrogens is 2. The molecule has 236 valence electrons. The molecule has 3 N–H and O–H groups in total. The van der Waals surface area contributed by atoms with Crippen molar-refractivity contribution >= 4 is 17.9 Å². The molecule has 0 fully saturated rings. The second-order valence-corrected chi connectivity index (χ2v) is 11.9. The maximum atomic E-state index is 14.6. The predicted octanol–water partition coefficient (Wildman–Crippen LogP) is 5.29. The fourth-order valence-electron chi connectivity index (χ4n) is 5.07. The van der Waals surface area contributed by atoms with E-state index in [1.807, 2.05) is 84.9 Å². The summed E-state index contributed by atoms with van der Waals surface area (Å²) in [4.78, 5) is 45.6. The Kier molecular flexibility index (Phi) is 11.1. The third-order valence-corrected chi connectivity index (χ3v) is 7.12. The second kappa shape index (κ2) is 15.1. The number of rotatable bonds is 13. The zero-order valence-corrected chi connectivity index (χ0v) is 26.2. The molecule has 3 amide bonds. The van der Waals surface area contributed by atoms with Crippen molar-refractivity contribution in [3.63, 3.8) is 0 Å². The lowest BCUT2D eigenvalue weighted by Crippen LogP contribution is -2.49. The van der Waals surface area contributed by atoms with Gasteiger partial charge >= 0.3 is 6.09 Å². The Morgan fingerprint density at radius 3 is 2.00 bits per heavy atom. The maximum Gasteiger partial charge on any atom is 0.407 e. The first-order valence-corrected chi connectivity index (χ1v) is 15.0. The quantitative estimate of drug-likeness (QED) is 0.196. The van der Waals surface area contributed by atoms with E-state index in [0.29, 0.717) is 24.6 Å². The molecule has 0 aliphatic heterocycles. The minimum atomic E-state index is -0.922. The van der Waals surface area contributed by atoms with Gasteiger partial charge in [0.15, 0.2) is 5.82 Å². The van der Waals surface area contributed by atoms with Gasteiger partial charge in [0.05, 0.1) is 12.3 Å². The van der Waals surface area contributed by atoms with Gasteiger partial charge in [-0.2, -0.15) is 4.98 Å². The third-order valence-electron chi connectivity index (χ3n) is 7.12. The van der Waals surface area contributed by atoms with Crippen molar-refractivity contribution in [3.05, 3.63) is 119 Å². The van der Waals surface area contributed by atoms with E-state index in [4.69, 9.17) is 15.0 Å². The van der Waals surface area contributed by atoms with Crippen LogP contribution in [-0.4, -0.2) is 51.1 Å². The van der Waals surface area contributed by atoms with Crippen LogP contribution in [0.2, 0.25) is 0 Å². The average molecular weight is 612 g/mol. The minimum Gasteiger partial charge on any atom is -0.444 e. The highest BCUT2D eigenvalue weighted by Gasteiger charge is 2.34. The van der Waals surface area contributed by atoms with E-state index in [9.17, 15) is 14.4 Å². The maximum absolute atomic E-state index is 14.6. The standard InChI is InChI=1S/C35H41N5O5/c1-24-38-30(45-39-24)22-25-17-19-26(20-18-25)23-40(29(32(36)41)16-11-21-37-34(43)44-35(2,3)4)33(42)31(27-12-7-5-8-13-27)28-14-9-6-10-15-28/h5-10,12-15,17-20,29,31H,11,16,21-23H2,1-4H3,(H2,36,41)(H,37,43)/t29-/m1/s1. The number of nitrogens with one attached hydrogen (secondary N) is 1. The van der Waals surface area contributed by atoms with E-state index in [1.54, 1.807) is 32.6 Å². The summed E-state index contributed by atoms with van der Waals surface area (Å²) in [6.07, 6.45) is 0.583. The number of carbonyl (C=O) groups excluding carboxylic acids is 3. The number of nitrogens with zero attached hydrogens (tertiary/aromatic N) is 3. The van der Waals surface area contributed by atoms with Gasteiger partial charge < -0.3 is 25.2 Å². The van der Waals surface area contributed by atoms with Crippen molar-refractivity contribution in [1.82, 2.24) is 20.4 Å². The predicted molar refractivity (Wildman–Crippen MR) is 170 cm³/mol. The smallest absolute Gasteiger partial charge is 0.407 e. The monoisotopic (exact) mass is 611 g/mol. The van der Waals surface area contributed by atoms with Crippen molar-refractivity contribution in [3.8, 4) is 0 Å². The van der Waals surface area contributed by atoms with Crippen LogP contribution in [0.4, 0.5) is 4.79 Å². The highest BCUT2D eigenvalue weighted by Crippen LogP contribution is 2.29. The first-order valence-electron chi connectivity index (χ1n) is 15.0. The summed E-state index contributed by atoms with van der Waals surface area (Å²) in [5.41, 5.74) is 8.74. The number of primary amides is 1. The van der Waals surface area contributed by atoms with Gasteiger partial charge in [-0.25, -0.2) is 4.79 Å². The molecule has 0 spiro atoms. The summed E-state index contributed by atoms with van der Waals surface area (Å²) in [7, 11) is 0. The molecule has 4 rings (SSSR count). The second-order valence-electron chi connectivity index (χ2n) is 11.9. The number of amides is 3. The highest BCUT2D eigenvalue weighted by molar-refractivity contribution is 5.92. The van der Waals surface area contributed by atoms with Gasteiger partial charge in [-0.3, -0.25) is 9.59 Å². The molecule has 0 aliphatic carbocycles. The van der Waals surface area contributed by atoms with Crippen LogP contribution in [0.5, 0.6) is 0 Å². The van der Waals surface area contributed by atoms with E-state index in [-0.39, 0.29) is 25.4 Å². The number of benzene rings is 3. The van der Waals surface area contributed by atoms with Gasteiger partial charge in [0, 0.05) is 13.1 Å². The molecule has 0 aliphatic rings. The van der Waals surface area contributed by atoms with Crippen molar-refractivity contribution in [1.29, 1.82) is 0 Å². The number of nitrogens with two attached hydrogens (primary N) is 1. The minimum absolute atomic E-state index is 0.155. The summed E-state index contributed by atoms with van der Waals surface area (Å²) in [6, 6.07) is 25.8. The third kappa shape index (κ3) is 9.76. The fraction of sp³-hybridized carbons (Fsp3) is 0.343. The first kappa shape index (κ1) is 32.9. The Bertz CT molecular complexity index is 1510. The molecule has 1 heterocycles. The van der Waals surface area contributed by atoms with Crippen LogP contribution < -0.4 is 11.1 Å². The lowest BCUT2D eigenvalue weighted by molar-refractivity contribution is -0.141. The van der Waals surface area contributed by atoms with Gasteiger partial charge in [-0.05, 0) is 62.8 Å². The molecule has 3 aromatic carbocycles. The Morgan fingerprint density at radius 2 is 1.49 bits per heavy atom. The summed E-state index contributed by atoms with van der Waals surface area (Å²) in [6.45, 7) is 7.53. The lowest BCUT2D eigenvalue weighted by Gasteiger charge is -2.33. The molecule has 45 heavy (non-hydrogen) atoms. The number of aryl methyl sites for hydroxylation is 1. The number of alkyl carbamates (subject to hydrolysis) is 1. The summed E-state index contributed by atoms with van der Waals surface area (Å²) in [5.74, 6) is -0.444.